The molecular formula is C15H13FN2O2. The highest BCUT2D eigenvalue weighted by Gasteiger charge is 2.20. The molecule has 0 saturated heterocycles. The number of hydrogen-bond acceptors (Lipinski definition) is 3. The lowest BCUT2D eigenvalue weighted by Gasteiger charge is -2.07. The van der Waals surface area contributed by atoms with Gasteiger partial charge in [-0.25, -0.2) is 4.39 Å². The summed E-state index contributed by atoms with van der Waals surface area (Å²) in [5.41, 5.74) is 1.11. The van der Waals surface area contributed by atoms with Gasteiger partial charge in [0.1, 0.15) is 29.0 Å². The molecule has 1 N–H and O–H groups in total. The number of carbonyl (C=O) groups is 1. The molecule has 0 aliphatic rings. The first-order valence-corrected chi connectivity index (χ1v) is 6.02. The number of amides is 1. The maximum atomic E-state index is 13.5. The third-order valence-electron chi connectivity index (χ3n) is 3.16. The molecule has 1 aromatic heterocycles. The third-order valence-corrected chi connectivity index (χ3v) is 3.16. The van der Waals surface area contributed by atoms with Crippen LogP contribution in [-0.2, 0) is 0 Å². The maximum absolute atomic E-state index is 13.5. The van der Waals surface area contributed by atoms with Crippen molar-refractivity contribution in [2.75, 3.05) is 5.32 Å². The minimum absolute atomic E-state index is 0.148. The van der Waals surface area contributed by atoms with E-state index in [1.54, 1.807) is 26.8 Å². The molecule has 0 saturated carbocycles. The molecule has 1 aromatic carbocycles. The molecule has 0 bridgehead atoms. The third kappa shape index (κ3) is 2.28. The average molecular weight is 272 g/mol. The van der Waals surface area contributed by atoms with Crippen LogP contribution < -0.4 is 5.32 Å². The second kappa shape index (κ2) is 5.17. The smallest absolute Gasteiger partial charge is 0.259 e. The monoisotopic (exact) mass is 272 g/mol. The minimum atomic E-state index is -0.665. The molecule has 102 valence electrons. The summed E-state index contributed by atoms with van der Waals surface area (Å²) in [6.07, 6.45) is 0. The van der Waals surface area contributed by atoms with Crippen LogP contribution in [0.3, 0.4) is 0 Å². The number of rotatable bonds is 2. The Bertz CT molecular complexity index is 726. The number of furan rings is 1. The molecule has 0 aliphatic carbocycles. The zero-order valence-electron chi connectivity index (χ0n) is 11.4. The number of aryl methyl sites for hydroxylation is 2. The van der Waals surface area contributed by atoms with Crippen molar-refractivity contribution < 1.29 is 13.6 Å². The number of benzene rings is 1. The van der Waals surface area contributed by atoms with E-state index >= 15 is 0 Å². The second-order valence-corrected chi connectivity index (χ2v) is 4.44. The maximum Gasteiger partial charge on any atom is 0.259 e. The summed E-state index contributed by atoms with van der Waals surface area (Å²) < 4.78 is 18.9. The van der Waals surface area contributed by atoms with Gasteiger partial charge in [-0.15, -0.1) is 0 Å². The molecular weight excluding hydrogens is 259 g/mol. The van der Waals surface area contributed by atoms with Gasteiger partial charge in [0, 0.05) is 5.56 Å². The Morgan fingerprint density at radius 3 is 2.55 bits per heavy atom. The van der Waals surface area contributed by atoms with E-state index in [2.05, 4.69) is 5.32 Å². The van der Waals surface area contributed by atoms with Gasteiger partial charge < -0.3 is 9.73 Å². The molecule has 0 aliphatic heterocycles. The Labute approximate surface area is 115 Å². The molecule has 4 nitrogen and oxygen atoms in total. The fourth-order valence-electron chi connectivity index (χ4n) is 2.05. The Balaban J connectivity index is 2.39. The normalized spacial score (nSPS) is 10.2. The Morgan fingerprint density at radius 2 is 2.00 bits per heavy atom. The van der Waals surface area contributed by atoms with E-state index in [1.165, 1.54) is 18.2 Å². The van der Waals surface area contributed by atoms with Crippen molar-refractivity contribution >= 4 is 11.6 Å². The number of halogens is 1. The number of nitrogens with zero attached hydrogens (tertiary/aromatic N) is 1. The van der Waals surface area contributed by atoms with Crippen molar-refractivity contribution in [3.05, 3.63) is 52.2 Å². The van der Waals surface area contributed by atoms with Crippen molar-refractivity contribution in [2.45, 2.75) is 20.8 Å². The lowest BCUT2D eigenvalue weighted by Crippen LogP contribution is -2.14. The molecule has 0 fully saturated rings. The fourth-order valence-corrected chi connectivity index (χ4v) is 2.05. The van der Waals surface area contributed by atoms with Gasteiger partial charge in [0.25, 0.3) is 5.91 Å². The van der Waals surface area contributed by atoms with Crippen LogP contribution in [0.25, 0.3) is 0 Å². The largest absolute Gasteiger partial charge is 0.466 e. The Kier molecular flexibility index (Phi) is 3.57. The number of nitriles is 1. The van der Waals surface area contributed by atoms with Gasteiger partial charge in [-0.3, -0.25) is 4.79 Å². The topological polar surface area (TPSA) is 66.0 Å². The molecule has 0 radical (unpaired) electrons. The van der Waals surface area contributed by atoms with Crippen molar-refractivity contribution in [3.63, 3.8) is 0 Å². The minimum Gasteiger partial charge on any atom is -0.466 e. The van der Waals surface area contributed by atoms with Crippen LogP contribution in [0.2, 0.25) is 0 Å². The molecule has 1 heterocycles. The molecule has 0 spiro atoms. The highest BCUT2D eigenvalue weighted by Crippen LogP contribution is 2.23. The SMILES string of the molecule is Cc1oc(C)c(C(=O)Nc2cccc(F)c2C#N)c1C. The Morgan fingerprint density at radius 1 is 1.30 bits per heavy atom. The van der Waals surface area contributed by atoms with Crippen LogP contribution in [-0.4, -0.2) is 5.91 Å². The second-order valence-electron chi connectivity index (χ2n) is 4.44. The van der Waals surface area contributed by atoms with Gasteiger partial charge in [0.05, 0.1) is 11.3 Å². The van der Waals surface area contributed by atoms with Crippen molar-refractivity contribution in [2.24, 2.45) is 0 Å². The highest BCUT2D eigenvalue weighted by molar-refractivity contribution is 6.06. The van der Waals surface area contributed by atoms with Crippen LogP contribution in [0.4, 0.5) is 10.1 Å². The van der Waals surface area contributed by atoms with Crippen LogP contribution in [0.1, 0.15) is 33.0 Å². The quantitative estimate of drug-likeness (QED) is 0.910. The number of carbonyl (C=O) groups excluding carboxylic acids is 1. The highest BCUT2D eigenvalue weighted by atomic mass is 19.1. The van der Waals surface area contributed by atoms with E-state index in [0.717, 1.165) is 5.56 Å². The van der Waals surface area contributed by atoms with Crippen LogP contribution >= 0.6 is 0 Å². The standard InChI is InChI=1S/C15H13FN2O2/c1-8-9(2)20-10(3)14(8)15(19)18-13-6-4-5-12(16)11(13)7-17/h4-6H,1-3H3,(H,18,19). The van der Waals surface area contributed by atoms with Gasteiger partial charge in [-0.05, 0) is 32.9 Å². The van der Waals surface area contributed by atoms with Crippen molar-refractivity contribution in [3.8, 4) is 6.07 Å². The van der Waals surface area contributed by atoms with Crippen molar-refractivity contribution in [1.29, 1.82) is 5.26 Å². The van der Waals surface area contributed by atoms with Crippen molar-refractivity contribution in [1.82, 2.24) is 0 Å². The lowest BCUT2D eigenvalue weighted by molar-refractivity contribution is 0.102. The Hall–Kier alpha value is -2.61. The first kappa shape index (κ1) is 13.8. The van der Waals surface area contributed by atoms with Gasteiger partial charge >= 0.3 is 0 Å². The number of nitrogens with one attached hydrogen (secondary N) is 1. The number of hydrogen-bond donors (Lipinski definition) is 1. The van der Waals surface area contributed by atoms with Crippen LogP contribution in [0.5, 0.6) is 0 Å². The summed E-state index contributed by atoms with van der Waals surface area (Å²) in [6.45, 7) is 5.23. The summed E-state index contributed by atoms with van der Waals surface area (Å²) in [5, 5.41) is 11.5. The summed E-state index contributed by atoms with van der Waals surface area (Å²) >= 11 is 0. The molecule has 2 rings (SSSR count). The first-order valence-electron chi connectivity index (χ1n) is 6.02. The molecule has 5 heteroatoms. The van der Waals surface area contributed by atoms with E-state index in [9.17, 15) is 9.18 Å². The van der Waals surface area contributed by atoms with E-state index in [1.807, 2.05) is 0 Å². The lowest BCUT2D eigenvalue weighted by atomic mass is 10.1. The molecule has 20 heavy (non-hydrogen) atoms. The predicted octanol–water partition coefficient (Wildman–Crippen LogP) is 3.47. The van der Waals surface area contributed by atoms with Crippen LogP contribution in [0.15, 0.2) is 22.6 Å². The summed E-state index contributed by atoms with van der Waals surface area (Å²) in [5.74, 6) is 0.0703. The van der Waals surface area contributed by atoms with E-state index in [0.29, 0.717) is 17.1 Å². The summed E-state index contributed by atoms with van der Waals surface area (Å²) in [6, 6.07) is 5.84. The van der Waals surface area contributed by atoms with Gasteiger partial charge in [-0.2, -0.15) is 5.26 Å². The van der Waals surface area contributed by atoms with Gasteiger partial charge in [0.2, 0.25) is 0 Å². The van der Waals surface area contributed by atoms with E-state index in [4.69, 9.17) is 9.68 Å². The summed E-state index contributed by atoms with van der Waals surface area (Å²) in [4.78, 5) is 12.2. The average Bonchev–Trinajstić information content (AvgIpc) is 2.63. The van der Waals surface area contributed by atoms with E-state index in [-0.39, 0.29) is 11.3 Å². The fraction of sp³-hybridized carbons (Fsp3) is 0.200. The molecule has 2 aromatic rings. The first-order chi connectivity index (χ1) is 9.45. The predicted molar refractivity (Wildman–Crippen MR) is 72.0 cm³/mol. The molecule has 1 amide bonds. The molecule has 0 atom stereocenters. The summed E-state index contributed by atoms with van der Waals surface area (Å²) in [7, 11) is 0. The zero-order valence-corrected chi connectivity index (χ0v) is 11.4. The zero-order chi connectivity index (χ0) is 14.9. The van der Waals surface area contributed by atoms with Gasteiger partial charge in [0.15, 0.2) is 0 Å². The molecule has 0 unspecified atom stereocenters. The van der Waals surface area contributed by atoms with Crippen LogP contribution in [0, 0.1) is 37.9 Å². The van der Waals surface area contributed by atoms with E-state index < -0.39 is 11.7 Å². The van der Waals surface area contributed by atoms with Gasteiger partial charge in [-0.1, -0.05) is 6.07 Å². The number of anilines is 1.